The van der Waals surface area contributed by atoms with Gasteiger partial charge in [0.2, 0.25) is 0 Å². The van der Waals surface area contributed by atoms with E-state index in [1.54, 1.807) is 12.1 Å². The predicted octanol–water partition coefficient (Wildman–Crippen LogP) is 2.74. The van der Waals surface area contributed by atoms with Crippen molar-refractivity contribution in [3.63, 3.8) is 0 Å². The van der Waals surface area contributed by atoms with E-state index < -0.39 is 24.4 Å². The Labute approximate surface area is 167 Å². The van der Waals surface area contributed by atoms with Gasteiger partial charge in [0.15, 0.2) is 6.61 Å². The van der Waals surface area contributed by atoms with Gasteiger partial charge in [0.05, 0.1) is 10.6 Å². The predicted molar refractivity (Wildman–Crippen MR) is 104 cm³/mol. The first kappa shape index (κ1) is 20.9. The molecule has 0 radical (unpaired) electrons. The molecule has 28 heavy (non-hydrogen) atoms. The van der Waals surface area contributed by atoms with Gasteiger partial charge in [-0.3, -0.25) is 14.4 Å². The maximum Gasteiger partial charge on any atom is 0.325 e. The smallest absolute Gasteiger partial charge is 0.325 e. The summed E-state index contributed by atoms with van der Waals surface area (Å²) in [4.78, 5) is 35.6. The Bertz CT molecular complexity index is 966. The molecule has 2 amide bonds. The molecule has 2 N–H and O–H groups in total. The minimum Gasteiger partial charge on any atom is -0.454 e. The molecule has 0 aromatic heterocycles. The molecule has 0 fully saturated rings. The van der Waals surface area contributed by atoms with E-state index in [-0.39, 0.29) is 17.1 Å². The first-order chi connectivity index (χ1) is 13.3. The quantitative estimate of drug-likeness (QED) is 0.726. The number of benzene rings is 2. The molecule has 8 heteroatoms. The van der Waals surface area contributed by atoms with Crippen LogP contribution < -0.4 is 10.6 Å². The molecule has 0 aliphatic carbocycles. The van der Waals surface area contributed by atoms with E-state index in [2.05, 4.69) is 10.6 Å². The van der Waals surface area contributed by atoms with Crippen LogP contribution in [0.2, 0.25) is 5.02 Å². The number of esters is 1. The van der Waals surface area contributed by atoms with Crippen molar-refractivity contribution in [2.75, 3.05) is 18.5 Å². The Kier molecular flexibility index (Phi) is 7.13. The molecule has 0 bridgehead atoms. The molecule has 0 atom stereocenters. The summed E-state index contributed by atoms with van der Waals surface area (Å²) in [6.07, 6.45) is 0. The van der Waals surface area contributed by atoms with Crippen LogP contribution in [-0.4, -0.2) is 30.9 Å². The molecule has 0 saturated heterocycles. The number of nitriles is 1. The SMILES string of the molecule is Cc1ccc(C(=O)NCC(=O)OCC(=O)Nc2ccc(C#N)c(Cl)c2)cc1C. The van der Waals surface area contributed by atoms with Crippen LogP contribution in [0.1, 0.15) is 27.0 Å². The van der Waals surface area contributed by atoms with E-state index in [9.17, 15) is 14.4 Å². The van der Waals surface area contributed by atoms with Crippen molar-refractivity contribution in [2.24, 2.45) is 0 Å². The van der Waals surface area contributed by atoms with E-state index in [0.717, 1.165) is 11.1 Å². The fraction of sp³-hybridized carbons (Fsp3) is 0.200. The van der Waals surface area contributed by atoms with Crippen LogP contribution in [0.5, 0.6) is 0 Å². The second-order valence-corrected chi connectivity index (χ2v) is 6.40. The number of carbonyl (C=O) groups excluding carboxylic acids is 3. The fourth-order valence-corrected chi connectivity index (χ4v) is 2.44. The van der Waals surface area contributed by atoms with Gasteiger partial charge in [-0.05, 0) is 55.3 Å². The average molecular weight is 400 g/mol. The zero-order chi connectivity index (χ0) is 20.7. The number of halogens is 1. The van der Waals surface area contributed by atoms with Crippen LogP contribution in [0, 0.1) is 25.2 Å². The van der Waals surface area contributed by atoms with Crippen molar-refractivity contribution in [3.05, 3.63) is 63.7 Å². The number of nitrogens with zero attached hydrogens (tertiary/aromatic N) is 1. The lowest BCUT2D eigenvalue weighted by molar-refractivity contribution is -0.146. The minimum absolute atomic E-state index is 0.200. The number of nitrogens with one attached hydrogen (secondary N) is 2. The first-order valence-electron chi connectivity index (χ1n) is 8.30. The fourth-order valence-electron chi connectivity index (χ4n) is 2.21. The van der Waals surface area contributed by atoms with Crippen LogP contribution in [-0.2, 0) is 14.3 Å². The van der Waals surface area contributed by atoms with Gasteiger partial charge in [-0.2, -0.15) is 5.26 Å². The number of rotatable bonds is 6. The molecule has 0 saturated carbocycles. The molecule has 2 rings (SSSR count). The Morgan fingerprint density at radius 3 is 2.50 bits per heavy atom. The van der Waals surface area contributed by atoms with Gasteiger partial charge in [0, 0.05) is 11.3 Å². The maximum atomic E-state index is 12.0. The highest BCUT2D eigenvalue weighted by Gasteiger charge is 2.12. The monoisotopic (exact) mass is 399 g/mol. The molecular formula is C20H18ClN3O4. The maximum absolute atomic E-state index is 12.0. The number of hydrogen-bond acceptors (Lipinski definition) is 5. The van der Waals surface area contributed by atoms with Crippen LogP contribution in [0.4, 0.5) is 5.69 Å². The van der Waals surface area contributed by atoms with Gasteiger partial charge in [-0.1, -0.05) is 17.7 Å². The highest BCUT2D eigenvalue weighted by molar-refractivity contribution is 6.32. The Morgan fingerprint density at radius 1 is 1.11 bits per heavy atom. The number of hydrogen-bond donors (Lipinski definition) is 2. The van der Waals surface area contributed by atoms with E-state index >= 15 is 0 Å². The molecule has 2 aromatic carbocycles. The standard InChI is InChI=1S/C20H18ClN3O4/c1-12-3-4-14(7-13(12)2)20(27)23-10-19(26)28-11-18(25)24-16-6-5-15(9-22)17(21)8-16/h3-8H,10-11H2,1-2H3,(H,23,27)(H,24,25). The Hall–Kier alpha value is -3.37. The van der Waals surface area contributed by atoms with Crippen LogP contribution in [0.15, 0.2) is 36.4 Å². The molecule has 0 aliphatic rings. The summed E-state index contributed by atoms with van der Waals surface area (Å²) in [5.41, 5.74) is 3.12. The molecule has 0 spiro atoms. The van der Waals surface area contributed by atoms with Crippen molar-refractivity contribution in [3.8, 4) is 6.07 Å². The summed E-state index contributed by atoms with van der Waals surface area (Å²) in [6, 6.07) is 11.5. The van der Waals surface area contributed by atoms with Gasteiger partial charge < -0.3 is 15.4 Å². The Morgan fingerprint density at radius 2 is 1.86 bits per heavy atom. The molecule has 7 nitrogen and oxygen atoms in total. The highest BCUT2D eigenvalue weighted by Crippen LogP contribution is 2.20. The van der Waals surface area contributed by atoms with Crippen molar-refractivity contribution >= 4 is 35.1 Å². The lowest BCUT2D eigenvalue weighted by atomic mass is 10.1. The van der Waals surface area contributed by atoms with E-state index in [1.165, 1.54) is 18.2 Å². The average Bonchev–Trinajstić information content (AvgIpc) is 2.66. The van der Waals surface area contributed by atoms with Crippen molar-refractivity contribution < 1.29 is 19.1 Å². The van der Waals surface area contributed by atoms with Gasteiger partial charge in [-0.15, -0.1) is 0 Å². The number of carbonyl (C=O) groups is 3. The zero-order valence-electron chi connectivity index (χ0n) is 15.3. The summed E-state index contributed by atoms with van der Waals surface area (Å²) in [7, 11) is 0. The molecule has 2 aromatic rings. The van der Waals surface area contributed by atoms with Crippen molar-refractivity contribution in [1.29, 1.82) is 5.26 Å². The molecule has 0 heterocycles. The molecule has 0 unspecified atom stereocenters. The van der Waals surface area contributed by atoms with Crippen molar-refractivity contribution in [2.45, 2.75) is 13.8 Å². The van der Waals surface area contributed by atoms with Gasteiger partial charge in [0.25, 0.3) is 11.8 Å². The summed E-state index contributed by atoms with van der Waals surface area (Å²) in [5.74, 6) is -1.73. The molecule has 144 valence electrons. The third-order valence-corrected chi connectivity index (χ3v) is 4.21. The Balaban J connectivity index is 1.78. The van der Waals surface area contributed by atoms with Gasteiger partial charge in [0.1, 0.15) is 12.6 Å². The topological polar surface area (TPSA) is 108 Å². The van der Waals surface area contributed by atoms with E-state index in [0.29, 0.717) is 11.3 Å². The number of ether oxygens (including phenoxy) is 1. The summed E-state index contributed by atoms with van der Waals surface area (Å²) < 4.78 is 4.83. The van der Waals surface area contributed by atoms with E-state index in [4.69, 9.17) is 21.6 Å². The van der Waals surface area contributed by atoms with Crippen molar-refractivity contribution in [1.82, 2.24) is 5.32 Å². The second-order valence-electron chi connectivity index (χ2n) is 6.00. The van der Waals surface area contributed by atoms with Gasteiger partial charge >= 0.3 is 5.97 Å². The summed E-state index contributed by atoms with van der Waals surface area (Å²) >= 11 is 5.88. The van der Waals surface area contributed by atoms with Crippen LogP contribution >= 0.6 is 11.6 Å². The molecule has 0 aliphatic heterocycles. The third kappa shape index (κ3) is 5.83. The summed E-state index contributed by atoms with van der Waals surface area (Å²) in [6.45, 7) is 2.95. The lowest BCUT2D eigenvalue weighted by Crippen LogP contribution is -2.32. The first-order valence-corrected chi connectivity index (χ1v) is 8.68. The number of anilines is 1. The number of aryl methyl sites for hydroxylation is 2. The normalized spacial score (nSPS) is 9.93. The zero-order valence-corrected chi connectivity index (χ0v) is 16.1. The highest BCUT2D eigenvalue weighted by atomic mass is 35.5. The second kappa shape index (κ2) is 9.53. The van der Waals surface area contributed by atoms with Gasteiger partial charge in [-0.25, -0.2) is 0 Å². The van der Waals surface area contributed by atoms with Crippen LogP contribution in [0.25, 0.3) is 0 Å². The number of amides is 2. The minimum atomic E-state index is -0.745. The summed E-state index contributed by atoms with van der Waals surface area (Å²) in [5, 5.41) is 14.0. The largest absolute Gasteiger partial charge is 0.454 e. The lowest BCUT2D eigenvalue weighted by Gasteiger charge is -2.09. The molecular weight excluding hydrogens is 382 g/mol. The van der Waals surface area contributed by atoms with Crippen LogP contribution in [0.3, 0.4) is 0 Å². The third-order valence-electron chi connectivity index (χ3n) is 3.90. The van der Waals surface area contributed by atoms with E-state index in [1.807, 2.05) is 26.0 Å².